The zero-order chi connectivity index (χ0) is 15.8. The van der Waals surface area contributed by atoms with Gasteiger partial charge in [-0.25, -0.2) is 4.39 Å². The van der Waals surface area contributed by atoms with Gasteiger partial charge >= 0.3 is 0 Å². The molecule has 21 heavy (non-hydrogen) atoms. The Morgan fingerprint density at radius 3 is 2.71 bits per heavy atom. The van der Waals surface area contributed by atoms with Crippen molar-refractivity contribution in [3.05, 3.63) is 29.6 Å². The topological polar surface area (TPSA) is 73.6 Å². The van der Waals surface area contributed by atoms with E-state index in [4.69, 9.17) is 15.2 Å². The lowest BCUT2D eigenvalue weighted by Gasteiger charge is -2.16. The fraction of sp³-hybridized carbons (Fsp3) is 0.533. The van der Waals surface area contributed by atoms with Crippen LogP contribution in [0.2, 0.25) is 0 Å². The van der Waals surface area contributed by atoms with Gasteiger partial charge in [-0.05, 0) is 26.3 Å². The summed E-state index contributed by atoms with van der Waals surface area (Å²) in [6.45, 7) is 4.41. The summed E-state index contributed by atoms with van der Waals surface area (Å²) in [5.41, 5.74) is 6.05. The first-order chi connectivity index (χ1) is 9.95. The standard InChI is InChI=1S/C15H23FN2O3/c1-10(17)13-6-5-12(9-14(13)16)21-11(2)15(19)18-7-4-8-20-3/h5-6,9-11H,4,7-8,17H2,1-3H3,(H,18,19)/t10-,11?/m1/s1. The Morgan fingerprint density at radius 1 is 1.43 bits per heavy atom. The number of nitrogens with two attached hydrogens (primary N) is 1. The van der Waals surface area contributed by atoms with E-state index in [0.29, 0.717) is 24.5 Å². The number of nitrogens with one attached hydrogen (secondary N) is 1. The van der Waals surface area contributed by atoms with Crippen LogP contribution in [0.4, 0.5) is 4.39 Å². The third-order valence-corrected chi connectivity index (χ3v) is 2.97. The minimum atomic E-state index is -0.701. The van der Waals surface area contributed by atoms with Gasteiger partial charge in [0.1, 0.15) is 11.6 Å². The number of benzene rings is 1. The van der Waals surface area contributed by atoms with Crippen molar-refractivity contribution in [2.45, 2.75) is 32.4 Å². The van der Waals surface area contributed by atoms with Crippen LogP contribution < -0.4 is 15.8 Å². The SMILES string of the molecule is COCCCNC(=O)C(C)Oc1ccc([C@@H](C)N)c(F)c1. The maximum atomic E-state index is 13.8. The molecule has 1 rings (SSSR count). The van der Waals surface area contributed by atoms with Crippen LogP contribution in [0, 0.1) is 5.82 Å². The molecule has 0 radical (unpaired) electrons. The van der Waals surface area contributed by atoms with E-state index in [2.05, 4.69) is 5.32 Å². The van der Waals surface area contributed by atoms with Crippen LogP contribution in [0.1, 0.15) is 31.9 Å². The Kier molecular flexibility index (Phi) is 7.11. The van der Waals surface area contributed by atoms with Crippen LogP contribution >= 0.6 is 0 Å². The highest BCUT2D eigenvalue weighted by Crippen LogP contribution is 2.21. The van der Waals surface area contributed by atoms with Crippen LogP contribution in [0.5, 0.6) is 5.75 Å². The van der Waals surface area contributed by atoms with Gasteiger partial charge in [-0.15, -0.1) is 0 Å². The number of hydrogen-bond acceptors (Lipinski definition) is 4. The van der Waals surface area contributed by atoms with Crippen LogP contribution in [-0.2, 0) is 9.53 Å². The monoisotopic (exact) mass is 298 g/mol. The van der Waals surface area contributed by atoms with Crippen molar-refractivity contribution in [3.8, 4) is 5.75 Å². The Hall–Kier alpha value is -1.66. The first kappa shape index (κ1) is 17.4. The second kappa shape index (κ2) is 8.59. The van der Waals surface area contributed by atoms with Gasteiger partial charge in [0.05, 0.1) is 0 Å². The average molecular weight is 298 g/mol. The van der Waals surface area contributed by atoms with Crippen molar-refractivity contribution in [3.63, 3.8) is 0 Å². The smallest absolute Gasteiger partial charge is 0.260 e. The fourth-order valence-corrected chi connectivity index (χ4v) is 1.78. The summed E-state index contributed by atoms with van der Waals surface area (Å²) in [7, 11) is 1.61. The van der Waals surface area contributed by atoms with E-state index in [0.717, 1.165) is 6.42 Å². The molecular weight excluding hydrogens is 275 g/mol. The molecule has 0 aliphatic carbocycles. The Labute approximate surface area is 124 Å². The molecule has 0 aromatic heterocycles. The molecule has 2 atom stereocenters. The van der Waals surface area contributed by atoms with Gasteiger partial charge in [-0.2, -0.15) is 0 Å². The maximum absolute atomic E-state index is 13.8. The third-order valence-electron chi connectivity index (χ3n) is 2.97. The van der Waals surface area contributed by atoms with E-state index in [1.165, 1.54) is 6.07 Å². The van der Waals surface area contributed by atoms with E-state index < -0.39 is 11.9 Å². The molecule has 0 spiro atoms. The van der Waals surface area contributed by atoms with Crippen LogP contribution in [0.25, 0.3) is 0 Å². The summed E-state index contributed by atoms with van der Waals surface area (Å²) < 4.78 is 24.1. The summed E-state index contributed by atoms with van der Waals surface area (Å²) in [6.07, 6.45) is 0.0280. The number of methoxy groups -OCH3 is 1. The number of carbonyl (C=O) groups excluding carboxylic acids is 1. The minimum absolute atomic E-state index is 0.247. The molecule has 0 bridgehead atoms. The zero-order valence-corrected chi connectivity index (χ0v) is 12.7. The first-order valence-electron chi connectivity index (χ1n) is 6.94. The van der Waals surface area contributed by atoms with Gasteiger partial charge in [0.15, 0.2) is 6.10 Å². The predicted octanol–water partition coefficient (Wildman–Crippen LogP) is 1.77. The Bertz CT molecular complexity index is 466. The molecule has 1 amide bonds. The lowest BCUT2D eigenvalue weighted by atomic mass is 10.1. The third kappa shape index (κ3) is 5.69. The molecular formula is C15H23FN2O3. The maximum Gasteiger partial charge on any atom is 0.260 e. The molecule has 6 heteroatoms. The summed E-state index contributed by atoms with van der Waals surface area (Å²) in [5.74, 6) is -0.380. The van der Waals surface area contributed by atoms with Gasteiger partial charge in [0, 0.05) is 37.9 Å². The highest BCUT2D eigenvalue weighted by Gasteiger charge is 2.15. The summed E-state index contributed by atoms with van der Waals surface area (Å²) in [4.78, 5) is 11.8. The highest BCUT2D eigenvalue weighted by atomic mass is 19.1. The normalized spacial score (nSPS) is 13.6. The number of ether oxygens (including phenoxy) is 2. The van der Waals surface area contributed by atoms with Crippen LogP contribution in [0.15, 0.2) is 18.2 Å². The van der Waals surface area contributed by atoms with Crippen molar-refractivity contribution in [2.24, 2.45) is 5.73 Å². The quantitative estimate of drug-likeness (QED) is 0.717. The molecule has 3 N–H and O–H groups in total. The van der Waals surface area contributed by atoms with Crippen molar-refractivity contribution in [2.75, 3.05) is 20.3 Å². The van der Waals surface area contributed by atoms with E-state index in [1.54, 1.807) is 33.1 Å². The van der Waals surface area contributed by atoms with E-state index in [-0.39, 0.29) is 11.9 Å². The summed E-state index contributed by atoms with van der Waals surface area (Å²) >= 11 is 0. The van der Waals surface area contributed by atoms with Crippen molar-refractivity contribution >= 4 is 5.91 Å². The molecule has 0 saturated heterocycles. The molecule has 1 aromatic rings. The molecule has 0 fully saturated rings. The zero-order valence-electron chi connectivity index (χ0n) is 12.7. The van der Waals surface area contributed by atoms with Crippen LogP contribution in [0.3, 0.4) is 0 Å². The van der Waals surface area contributed by atoms with Gasteiger partial charge in [0.2, 0.25) is 0 Å². The lowest BCUT2D eigenvalue weighted by Crippen LogP contribution is -2.37. The number of rotatable bonds is 8. The highest BCUT2D eigenvalue weighted by molar-refractivity contribution is 5.80. The molecule has 118 valence electrons. The number of carbonyl (C=O) groups is 1. The number of halogens is 1. The largest absolute Gasteiger partial charge is 0.481 e. The second-order valence-electron chi connectivity index (χ2n) is 4.87. The van der Waals surface area contributed by atoms with E-state index in [9.17, 15) is 9.18 Å². The second-order valence-corrected chi connectivity index (χ2v) is 4.87. The van der Waals surface area contributed by atoms with Gasteiger partial charge in [-0.1, -0.05) is 6.07 Å². The van der Waals surface area contributed by atoms with Gasteiger partial charge in [0.25, 0.3) is 5.91 Å². The van der Waals surface area contributed by atoms with Crippen molar-refractivity contribution in [1.82, 2.24) is 5.32 Å². The Morgan fingerprint density at radius 2 is 2.14 bits per heavy atom. The molecule has 1 unspecified atom stereocenters. The minimum Gasteiger partial charge on any atom is -0.481 e. The van der Waals surface area contributed by atoms with Gasteiger partial charge in [-0.3, -0.25) is 4.79 Å². The molecule has 0 saturated carbocycles. The van der Waals surface area contributed by atoms with Crippen LogP contribution in [-0.4, -0.2) is 32.3 Å². The van der Waals surface area contributed by atoms with Crippen molar-refractivity contribution in [1.29, 1.82) is 0 Å². The van der Waals surface area contributed by atoms with Crippen molar-refractivity contribution < 1.29 is 18.7 Å². The number of amides is 1. The molecule has 5 nitrogen and oxygen atoms in total. The predicted molar refractivity (Wildman–Crippen MR) is 78.6 cm³/mol. The fourth-order valence-electron chi connectivity index (χ4n) is 1.78. The Balaban J connectivity index is 2.52. The number of hydrogen-bond donors (Lipinski definition) is 2. The molecule has 0 heterocycles. The molecule has 0 aliphatic rings. The summed E-state index contributed by atoms with van der Waals surface area (Å²) in [5, 5.41) is 2.72. The average Bonchev–Trinajstić information content (AvgIpc) is 2.43. The lowest BCUT2D eigenvalue weighted by molar-refractivity contribution is -0.127. The van der Waals surface area contributed by atoms with E-state index >= 15 is 0 Å². The van der Waals surface area contributed by atoms with E-state index in [1.807, 2.05) is 0 Å². The summed E-state index contributed by atoms with van der Waals surface area (Å²) in [6, 6.07) is 4.03. The molecule has 1 aromatic carbocycles. The molecule has 0 aliphatic heterocycles. The van der Waals surface area contributed by atoms with Gasteiger partial charge < -0.3 is 20.5 Å². The first-order valence-corrected chi connectivity index (χ1v) is 6.94.